The number of rotatable bonds is 11. The summed E-state index contributed by atoms with van der Waals surface area (Å²) in [5.41, 5.74) is 3.94. The molecule has 0 radical (unpaired) electrons. The number of nitrogens with zero attached hydrogens (tertiary/aromatic N) is 3. The van der Waals surface area contributed by atoms with E-state index in [1.165, 1.54) is 0 Å². The molecule has 0 aliphatic heterocycles. The molecular weight excluding hydrogens is 426 g/mol. The van der Waals surface area contributed by atoms with Crippen molar-refractivity contribution < 1.29 is 14.3 Å². The Morgan fingerprint density at radius 2 is 1.85 bits per heavy atom. The fourth-order valence-corrected chi connectivity index (χ4v) is 4.11. The van der Waals surface area contributed by atoms with Crippen molar-refractivity contribution in [1.82, 2.24) is 14.7 Å². The van der Waals surface area contributed by atoms with Crippen LogP contribution in [0.25, 0.3) is 5.69 Å². The van der Waals surface area contributed by atoms with E-state index in [4.69, 9.17) is 14.3 Å². The third-order valence-electron chi connectivity index (χ3n) is 5.77. The van der Waals surface area contributed by atoms with Gasteiger partial charge in [0, 0.05) is 13.1 Å². The van der Waals surface area contributed by atoms with Gasteiger partial charge < -0.3 is 14.3 Å². The predicted octanol–water partition coefficient (Wildman–Crippen LogP) is 6.04. The van der Waals surface area contributed by atoms with Gasteiger partial charge in [0.2, 0.25) is 5.88 Å². The van der Waals surface area contributed by atoms with E-state index < -0.39 is 6.10 Å². The Bertz CT molecular complexity index is 1170. The topological polar surface area (TPSA) is 63.7 Å². The molecule has 0 bridgehead atoms. The van der Waals surface area contributed by atoms with Crippen LogP contribution in [0.1, 0.15) is 42.3 Å². The smallest absolute Gasteiger partial charge is 0.227 e. The second kappa shape index (κ2) is 11.2. The first-order chi connectivity index (χ1) is 16.5. The van der Waals surface area contributed by atoms with E-state index in [1.54, 1.807) is 6.26 Å². The normalized spacial score (nSPS) is 12.3. The lowest BCUT2D eigenvalue weighted by Crippen LogP contribution is -2.31. The van der Waals surface area contributed by atoms with Crippen LogP contribution in [0.3, 0.4) is 0 Å². The SMILES string of the molecule is CCC[C@H](O)CN(Cc1ccco1)Cc1c(C)nn(-c2ccccc2)c1Oc1cccc(C)c1. The number of aromatic nitrogens is 2. The Kier molecular flexibility index (Phi) is 7.83. The Morgan fingerprint density at radius 3 is 2.56 bits per heavy atom. The quantitative estimate of drug-likeness (QED) is 0.296. The summed E-state index contributed by atoms with van der Waals surface area (Å²) in [5.74, 6) is 2.31. The maximum absolute atomic E-state index is 10.6. The molecule has 0 spiro atoms. The van der Waals surface area contributed by atoms with E-state index in [0.29, 0.717) is 25.5 Å². The van der Waals surface area contributed by atoms with Crippen LogP contribution >= 0.6 is 0 Å². The number of para-hydroxylation sites is 1. The third kappa shape index (κ3) is 5.95. The molecule has 0 saturated carbocycles. The van der Waals surface area contributed by atoms with E-state index in [0.717, 1.165) is 46.9 Å². The van der Waals surface area contributed by atoms with Gasteiger partial charge in [0.05, 0.1) is 35.9 Å². The fraction of sp³-hybridized carbons (Fsp3) is 0.321. The number of aliphatic hydroxyl groups excluding tert-OH is 1. The minimum absolute atomic E-state index is 0.412. The Balaban J connectivity index is 1.71. The minimum Gasteiger partial charge on any atom is -0.468 e. The van der Waals surface area contributed by atoms with Crippen LogP contribution < -0.4 is 4.74 Å². The monoisotopic (exact) mass is 459 g/mol. The van der Waals surface area contributed by atoms with E-state index in [9.17, 15) is 5.11 Å². The lowest BCUT2D eigenvalue weighted by atomic mass is 10.1. The van der Waals surface area contributed by atoms with Crippen LogP contribution in [-0.2, 0) is 13.1 Å². The Labute approximate surface area is 201 Å². The second-order valence-corrected chi connectivity index (χ2v) is 8.73. The van der Waals surface area contributed by atoms with Crippen molar-refractivity contribution in [3.8, 4) is 17.3 Å². The van der Waals surface area contributed by atoms with Crippen LogP contribution in [0.15, 0.2) is 77.4 Å². The fourth-order valence-electron chi connectivity index (χ4n) is 4.11. The number of furan rings is 1. The molecule has 178 valence electrons. The molecule has 0 fully saturated rings. The molecule has 4 rings (SSSR count). The molecule has 0 aliphatic rings. The minimum atomic E-state index is -0.412. The van der Waals surface area contributed by atoms with E-state index in [1.807, 2.05) is 85.3 Å². The summed E-state index contributed by atoms with van der Waals surface area (Å²) in [6, 6.07) is 21.9. The number of benzene rings is 2. The maximum atomic E-state index is 10.6. The Hall–Kier alpha value is -3.35. The van der Waals surface area contributed by atoms with Crippen LogP contribution in [-0.4, -0.2) is 32.4 Å². The zero-order chi connectivity index (χ0) is 23.9. The maximum Gasteiger partial charge on any atom is 0.227 e. The summed E-state index contributed by atoms with van der Waals surface area (Å²) in [6.07, 6.45) is 2.96. The first-order valence-corrected chi connectivity index (χ1v) is 11.8. The van der Waals surface area contributed by atoms with Crippen molar-refractivity contribution in [2.45, 2.75) is 52.8 Å². The summed E-state index contributed by atoms with van der Waals surface area (Å²) in [7, 11) is 0. The summed E-state index contributed by atoms with van der Waals surface area (Å²) < 4.78 is 13.9. The highest BCUT2D eigenvalue weighted by atomic mass is 16.5. The molecular formula is C28H33N3O3. The third-order valence-corrected chi connectivity index (χ3v) is 5.77. The number of hydrogen-bond acceptors (Lipinski definition) is 5. The lowest BCUT2D eigenvalue weighted by Gasteiger charge is -2.24. The van der Waals surface area contributed by atoms with Gasteiger partial charge in [-0.15, -0.1) is 0 Å². The highest BCUT2D eigenvalue weighted by molar-refractivity contribution is 5.43. The number of aryl methyl sites for hydroxylation is 2. The van der Waals surface area contributed by atoms with Crippen molar-refractivity contribution in [3.05, 3.63) is 95.6 Å². The summed E-state index contributed by atoms with van der Waals surface area (Å²) in [4.78, 5) is 2.20. The molecule has 2 aromatic heterocycles. The molecule has 0 amide bonds. The zero-order valence-electron chi connectivity index (χ0n) is 20.1. The molecule has 34 heavy (non-hydrogen) atoms. The first kappa shape index (κ1) is 23.8. The van der Waals surface area contributed by atoms with E-state index in [2.05, 4.69) is 11.8 Å². The molecule has 2 aromatic carbocycles. The molecule has 1 N–H and O–H groups in total. The number of ether oxygens (including phenoxy) is 1. The largest absolute Gasteiger partial charge is 0.468 e. The molecule has 0 aliphatic carbocycles. The van der Waals surface area contributed by atoms with Crippen molar-refractivity contribution >= 4 is 0 Å². The standard InChI is InChI=1S/C28H33N3O3/c1-4-10-24(32)18-30(19-26-15-9-16-33-26)20-27-22(3)29-31(23-12-6-5-7-13-23)28(27)34-25-14-8-11-21(2)17-25/h5-9,11-17,24,32H,4,10,18-20H2,1-3H3/t24-/m0/s1. The molecule has 2 heterocycles. The number of hydrogen-bond donors (Lipinski definition) is 1. The lowest BCUT2D eigenvalue weighted by molar-refractivity contribution is 0.0927. The average molecular weight is 460 g/mol. The van der Waals surface area contributed by atoms with Crippen LogP contribution in [0, 0.1) is 13.8 Å². The highest BCUT2D eigenvalue weighted by Crippen LogP contribution is 2.32. The molecule has 4 aromatic rings. The first-order valence-electron chi connectivity index (χ1n) is 11.8. The van der Waals surface area contributed by atoms with Crippen molar-refractivity contribution in [2.24, 2.45) is 0 Å². The predicted molar refractivity (Wildman–Crippen MR) is 133 cm³/mol. The van der Waals surface area contributed by atoms with Crippen LogP contribution in [0.5, 0.6) is 11.6 Å². The van der Waals surface area contributed by atoms with Crippen LogP contribution in [0.4, 0.5) is 0 Å². The van der Waals surface area contributed by atoms with Gasteiger partial charge in [0.25, 0.3) is 0 Å². The van der Waals surface area contributed by atoms with Gasteiger partial charge in [0.15, 0.2) is 0 Å². The van der Waals surface area contributed by atoms with Crippen LogP contribution in [0.2, 0.25) is 0 Å². The molecule has 6 heteroatoms. The van der Waals surface area contributed by atoms with Gasteiger partial charge in [-0.2, -0.15) is 5.10 Å². The van der Waals surface area contributed by atoms with Crippen molar-refractivity contribution in [2.75, 3.05) is 6.54 Å². The van der Waals surface area contributed by atoms with Gasteiger partial charge in [0.1, 0.15) is 11.5 Å². The molecule has 0 saturated heterocycles. The Morgan fingerprint density at radius 1 is 1.03 bits per heavy atom. The highest BCUT2D eigenvalue weighted by Gasteiger charge is 2.23. The zero-order valence-corrected chi connectivity index (χ0v) is 20.1. The number of aliphatic hydroxyl groups is 1. The molecule has 6 nitrogen and oxygen atoms in total. The van der Waals surface area contributed by atoms with Crippen molar-refractivity contribution in [3.63, 3.8) is 0 Å². The summed E-state index contributed by atoms with van der Waals surface area (Å²) >= 11 is 0. The van der Waals surface area contributed by atoms with E-state index >= 15 is 0 Å². The summed E-state index contributed by atoms with van der Waals surface area (Å²) in [6.45, 7) is 7.84. The average Bonchev–Trinajstić information content (AvgIpc) is 3.43. The van der Waals surface area contributed by atoms with Gasteiger partial charge >= 0.3 is 0 Å². The van der Waals surface area contributed by atoms with E-state index in [-0.39, 0.29) is 0 Å². The summed E-state index contributed by atoms with van der Waals surface area (Å²) in [5, 5.41) is 15.4. The molecule has 1 atom stereocenters. The van der Waals surface area contributed by atoms with Gasteiger partial charge in [-0.3, -0.25) is 4.90 Å². The van der Waals surface area contributed by atoms with Crippen molar-refractivity contribution in [1.29, 1.82) is 0 Å². The molecule has 0 unspecified atom stereocenters. The van der Waals surface area contributed by atoms with Gasteiger partial charge in [-0.1, -0.05) is 43.7 Å². The van der Waals surface area contributed by atoms with Gasteiger partial charge in [-0.25, -0.2) is 4.68 Å². The van der Waals surface area contributed by atoms with Gasteiger partial charge in [-0.05, 0) is 62.2 Å². The second-order valence-electron chi connectivity index (χ2n) is 8.73.